The van der Waals surface area contributed by atoms with E-state index >= 15 is 4.39 Å². The molecule has 0 spiro atoms. The molecule has 0 saturated carbocycles. The highest BCUT2D eigenvalue weighted by Crippen LogP contribution is 2.31. The first-order chi connectivity index (χ1) is 13.8. The molecule has 0 radical (unpaired) electrons. The van der Waals surface area contributed by atoms with Crippen LogP contribution in [0.5, 0.6) is 0 Å². The zero-order chi connectivity index (χ0) is 21.1. The maximum absolute atomic E-state index is 15.2. The van der Waals surface area contributed by atoms with Crippen LogP contribution in [0, 0.1) is 18.6 Å². The van der Waals surface area contributed by atoms with Gasteiger partial charge in [-0.3, -0.25) is 9.63 Å². The van der Waals surface area contributed by atoms with Crippen LogP contribution < -0.4 is 10.8 Å². The predicted molar refractivity (Wildman–Crippen MR) is 102 cm³/mol. The number of benzene rings is 2. The number of halogens is 2. The van der Waals surface area contributed by atoms with E-state index in [1.807, 2.05) is 0 Å². The maximum Gasteiger partial charge on any atom is 0.277 e. The van der Waals surface area contributed by atoms with Gasteiger partial charge in [0, 0.05) is 7.05 Å². The fourth-order valence-electron chi connectivity index (χ4n) is 2.69. The van der Waals surface area contributed by atoms with Crippen LogP contribution in [0.25, 0.3) is 11.0 Å². The Hall–Kier alpha value is -3.08. The van der Waals surface area contributed by atoms with Crippen molar-refractivity contribution in [2.75, 3.05) is 18.5 Å². The number of carbonyl (C=O) groups is 1. The number of aromatic nitrogens is 2. The van der Waals surface area contributed by atoms with Crippen molar-refractivity contribution < 1.29 is 28.6 Å². The molecule has 4 N–H and O–H groups in total. The molecule has 0 aliphatic rings. The van der Waals surface area contributed by atoms with Gasteiger partial charge in [-0.1, -0.05) is 6.07 Å². The number of imidazole rings is 1. The van der Waals surface area contributed by atoms with E-state index in [2.05, 4.69) is 15.8 Å². The van der Waals surface area contributed by atoms with Crippen LogP contribution >= 0.6 is 0 Å². The largest absolute Gasteiger partial charge is 0.394 e. The van der Waals surface area contributed by atoms with Crippen molar-refractivity contribution in [3.63, 3.8) is 0 Å². The normalized spacial score (nSPS) is 12.2. The van der Waals surface area contributed by atoms with Crippen molar-refractivity contribution in [1.82, 2.24) is 15.0 Å². The number of rotatable bonds is 7. The molecule has 1 atom stereocenters. The van der Waals surface area contributed by atoms with Gasteiger partial charge < -0.3 is 20.1 Å². The van der Waals surface area contributed by atoms with E-state index in [9.17, 15) is 14.3 Å². The molecular formula is C19H20F2N4O4. The molecule has 1 amide bonds. The molecule has 154 valence electrons. The summed E-state index contributed by atoms with van der Waals surface area (Å²) in [5.41, 5.74) is 2.67. The van der Waals surface area contributed by atoms with Gasteiger partial charge in [0.1, 0.15) is 24.0 Å². The zero-order valence-electron chi connectivity index (χ0n) is 15.7. The number of nitrogens with one attached hydrogen (secondary N) is 2. The third kappa shape index (κ3) is 4.34. The average molecular weight is 406 g/mol. The fraction of sp³-hybridized carbons (Fsp3) is 0.263. The molecule has 0 aliphatic heterocycles. The molecule has 10 heteroatoms. The number of amides is 1. The number of hydrogen-bond donors (Lipinski definition) is 4. The number of nitrogens with zero attached hydrogens (tertiary/aromatic N) is 2. The first-order valence-corrected chi connectivity index (χ1v) is 8.69. The van der Waals surface area contributed by atoms with Gasteiger partial charge in [-0.2, -0.15) is 0 Å². The number of fused-ring (bicyclic) bond motifs is 1. The Bertz CT molecular complexity index is 1050. The number of aliphatic hydroxyl groups excluding tert-OH is 2. The van der Waals surface area contributed by atoms with Gasteiger partial charge in [-0.25, -0.2) is 19.2 Å². The Morgan fingerprint density at radius 1 is 1.34 bits per heavy atom. The molecular weight excluding hydrogens is 386 g/mol. The van der Waals surface area contributed by atoms with E-state index < -0.39 is 30.3 Å². The van der Waals surface area contributed by atoms with Crippen molar-refractivity contribution in [2.24, 2.45) is 7.05 Å². The van der Waals surface area contributed by atoms with Crippen molar-refractivity contribution in [3.05, 3.63) is 53.4 Å². The molecule has 3 aromatic rings. The summed E-state index contributed by atoms with van der Waals surface area (Å²) >= 11 is 0. The van der Waals surface area contributed by atoms with Gasteiger partial charge in [0.25, 0.3) is 5.91 Å². The lowest BCUT2D eigenvalue weighted by molar-refractivity contribution is -0.0295. The van der Waals surface area contributed by atoms with Gasteiger partial charge in [-0.05, 0) is 30.7 Å². The molecule has 1 heterocycles. The lowest BCUT2D eigenvalue weighted by atomic mass is 10.1. The van der Waals surface area contributed by atoms with Crippen LogP contribution in [0.15, 0.2) is 30.6 Å². The standard InChI is InChI=1S/C19H20F2N4O4/c1-10-3-4-14(13(20)5-10)23-17-12(19(28)24-29-8-11(27)7-26)6-15-18(16(17)21)22-9-25(15)2/h3-6,9,11,23,26-27H,7-8H2,1-2H3,(H,24,28). The van der Waals surface area contributed by atoms with Gasteiger partial charge in [0.15, 0.2) is 5.82 Å². The minimum atomic E-state index is -1.19. The average Bonchev–Trinajstić information content (AvgIpc) is 3.06. The number of anilines is 2. The summed E-state index contributed by atoms with van der Waals surface area (Å²) in [6.07, 6.45) is 0.200. The van der Waals surface area contributed by atoms with Crippen LogP contribution in [-0.2, 0) is 11.9 Å². The molecule has 2 aromatic carbocycles. The zero-order valence-corrected chi connectivity index (χ0v) is 15.7. The molecule has 0 saturated heterocycles. The predicted octanol–water partition coefficient (Wildman–Crippen LogP) is 1.92. The third-order valence-electron chi connectivity index (χ3n) is 4.24. The van der Waals surface area contributed by atoms with E-state index in [1.54, 1.807) is 20.0 Å². The Balaban J connectivity index is 2.00. The Morgan fingerprint density at radius 3 is 2.79 bits per heavy atom. The summed E-state index contributed by atoms with van der Waals surface area (Å²) in [4.78, 5) is 21.4. The monoisotopic (exact) mass is 406 g/mol. The van der Waals surface area contributed by atoms with Crippen LogP contribution in [0.4, 0.5) is 20.2 Å². The smallest absolute Gasteiger partial charge is 0.277 e. The quantitative estimate of drug-likeness (QED) is 0.447. The topological polar surface area (TPSA) is 109 Å². The molecule has 1 unspecified atom stereocenters. The second-order valence-electron chi connectivity index (χ2n) is 6.52. The van der Waals surface area contributed by atoms with Crippen molar-refractivity contribution in [3.8, 4) is 0 Å². The number of carbonyl (C=O) groups excluding carboxylic acids is 1. The third-order valence-corrected chi connectivity index (χ3v) is 4.24. The molecule has 8 nitrogen and oxygen atoms in total. The van der Waals surface area contributed by atoms with E-state index in [0.29, 0.717) is 11.1 Å². The van der Waals surface area contributed by atoms with Gasteiger partial charge in [0.2, 0.25) is 0 Å². The van der Waals surface area contributed by atoms with Crippen LogP contribution in [0.2, 0.25) is 0 Å². The lowest BCUT2D eigenvalue weighted by Gasteiger charge is -2.15. The summed E-state index contributed by atoms with van der Waals surface area (Å²) in [7, 11) is 1.64. The Kier molecular flexibility index (Phi) is 6.06. The second-order valence-corrected chi connectivity index (χ2v) is 6.52. The number of hydroxylamine groups is 1. The van der Waals surface area contributed by atoms with Crippen LogP contribution in [0.1, 0.15) is 15.9 Å². The van der Waals surface area contributed by atoms with E-state index in [0.717, 1.165) is 0 Å². The highest BCUT2D eigenvalue weighted by molar-refractivity contribution is 6.04. The molecule has 0 aliphatic carbocycles. The van der Waals surface area contributed by atoms with Crippen molar-refractivity contribution >= 4 is 28.3 Å². The van der Waals surface area contributed by atoms with Gasteiger partial charge in [0.05, 0.1) is 35.4 Å². The van der Waals surface area contributed by atoms with Crippen LogP contribution in [-0.4, -0.2) is 45.0 Å². The van der Waals surface area contributed by atoms with Gasteiger partial charge >= 0.3 is 0 Å². The maximum atomic E-state index is 15.2. The highest BCUT2D eigenvalue weighted by Gasteiger charge is 2.22. The molecule has 3 rings (SSSR count). The Morgan fingerprint density at radius 2 is 2.10 bits per heavy atom. The first kappa shape index (κ1) is 20.6. The summed E-state index contributed by atoms with van der Waals surface area (Å²) in [5, 5.41) is 20.7. The molecule has 29 heavy (non-hydrogen) atoms. The second kappa shape index (κ2) is 8.52. The molecule has 0 fully saturated rings. The summed E-state index contributed by atoms with van der Waals surface area (Å²) in [6.45, 7) is 0.795. The van der Waals surface area contributed by atoms with E-state index in [-0.39, 0.29) is 29.1 Å². The van der Waals surface area contributed by atoms with Crippen molar-refractivity contribution in [2.45, 2.75) is 13.0 Å². The SMILES string of the molecule is Cc1ccc(Nc2c(C(=O)NOCC(O)CO)cc3c(ncn3C)c2F)c(F)c1. The molecule has 1 aromatic heterocycles. The fourth-order valence-corrected chi connectivity index (χ4v) is 2.69. The van der Waals surface area contributed by atoms with Gasteiger partial charge in [-0.15, -0.1) is 0 Å². The number of hydrogen-bond acceptors (Lipinski definition) is 6. The Labute approximate surface area is 164 Å². The summed E-state index contributed by atoms with van der Waals surface area (Å²) in [6, 6.07) is 5.74. The number of aryl methyl sites for hydroxylation is 2. The minimum Gasteiger partial charge on any atom is -0.394 e. The number of aliphatic hydroxyl groups is 2. The first-order valence-electron chi connectivity index (χ1n) is 8.69. The minimum absolute atomic E-state index is 0.00990. The van der Waals surface area contributed by atoms with Crippen LogP contribution in [0.3, 0.4) is 0 Å². The molecule has 0 bridgehead atoms. The van der Waals surface area contributed by atoms with E-state index in [4.69, 9.17) is 9.94 Å². The highest BCUT2D eigenvalue weighted by atomic mass is 19.1. The van der Waals surface area contributed by atoms with Crippen molar-refractivity contribution in [1.29, 1.82) is 0 Å². The summed E-state index contributed by atoms with van der Waals surface area (Å²) in [5.74, 6) is -2.27. The van der Waals surface area contributed by atoms with E-state index in [1.165, 1.54) is 29.1 Å². The lowest BCUT2D eigenvalue weighted by Crippen LogP contribution is -2.30. The summed E-state index contributed by atoms with van der Waals surface area (Å²) < 4.78 is 30.9.